The highest BCUT2D eigenvalue weighted by atomic mass is 35.5. The quantitative estimate of drug-likeness (QED) is 0.206. The van der Waals surface area contributed by atoms with Crippen molar-refractivity contribution in [2.45, 2.75) is 71.0 Å². The molecule has 1 saturated carbocycles. The molecule has 5 unspecified atom stereocenters. The lowest BCUT2D eigenvalue weighted by molar-refractivity contribution is -0.112. The van der Waals surface area contributed by atoms with E-state index in [-0.39, 0.29) is 23.0 Å². The summed E-state index contributed by atoms with van der Waals surface area (Å²) >= 11 is 6.38. The number of aliphatic hydroxyl groups is 1. The van der Waals surface area contributed by atoms with Gasteiger partial charge in [0.1, 0.15) is 23.0 Å². The number of hydrogen-bond acceptors (Lipinski definition) is 6. The standard InChI is InChI=1S/C33H43ClN2O4S.CH4O/c1-5-7-9-26(20-37)30-13-10-25(30)18-36-19-27(29-14-12-28(34)16-23(29)8-6-2)21-40-32-15-11-24(17-31(32)36)33(38)35-41(39)22(3)4;1-2/h7,9,11-12,14-17,20,22,25-27,30H,5-6,8,10,13,18-19,21H2,1-4H3,(H,35,38);2H,1H3/b9-7+;. The summed E-state index contributed by atoms with van der Waals surface area (Å²) in [7, 11) is -0.464. The molecule has 0 radical (unpaired) electrons. The summed E-state index contributed by atoms with van der Waals surface area (Å²) in [4.78, 5) is 27.4. The number of fused-ring (bicyclic) bond motifs is 1. The van der Waals surface area contributed by atoms with Crippen LogP contribution in [0.2, 0.25) is 5.02 Å². The highest BCUT2D eigenvalue weighted by Gasteiger charge is 2.38. The van der Waals surface area contributed by atoms with Gasteiger partial charge in [0.05, 0.1) is 12.3 Å². The van der Waals surface area contributed by atoms with E-state index >= 15 is 0 Å². The van der Waals surface area contributed by atoms with Crippen LogP contribution in [0.25, 0.3) is 0 Å². The summed E-state index contributed by atoms with van der Waals surface area (Å²) in [6.07, 6.45) is 10.2. The Bertz CT molecular complexity index is 1280. The maximum Gasteiger partial charge on any atom is 0.263 e. The summed E-state index contributed by atoms with van der Waals surface area (Å²) in [5.74, 6) is 1.04. The fraction of sp³-hybridized carbons (Fsp3) is 0.529. The van der Waals surface area contributed by atoms with E-state index in [0.29, 0.717) is 30.6 Å². The molecule has 0 bridgehead atoms. The third-order valence-corrected chi connectivity index (χ3v) is 9.78. The maximum atomic E-state index is 13.0. The third kappa shape index (κ3) is 8.93. The Morgan fingerprint density at radius 1 is 1.19 bits per heavy atom. The van der Waals surface area contributed by atoms with Crippen molar-refractivity contribution < 1.29 is 23.6 Å². The molecule has 0 spiro atoms. The van der Waals surface area contributed by atoms with E-state index in [0.717, 1.165) is 68.5 Å². The van der Waals surface area contributed by atoms with Crippen molar-refractivity contribution in [2.24, 2.45) is 17.8 Å². The van der Waals surface area contributed by atoms with Gasteiger partial charge in [-0.05, 0) is 92.8 Å². The molecule has 1 amide bonds. The van der Waals surface area contributed by atoms with Gasteiger partial charge in [-0.1, -0.05) is 50.1 Å². The van der Waals surface area contributed by atoms with Crippen molar-refractivity contribution >= 4 is 40.5 Å². The Hall–Kier alpha value is -2.68. The Balaban J connectivity index is 0.00000248. The Kier molecular flexibility index (Phi) is 13.7. The van der Waals surface area contributed by atoms with Gasteiger partial charge >= 0.3 is 0 Å². The first-order valence-corrected chi connectivity index (χ1v) is 16.9. The number of rotatable bonds is 12. The zero-order chi connectivity index (χ0) is 31.5. The number of aliphatic hydroxyl groups excluding tert-OH is 1. The number of anilines is 1. The number of benzene rings is 2. The molecule has 1 heterocycles. The molecule has 2 N–H and O–H groups in total. The number of ether oxygens (including phenoxy) is 1. The van der Waals surface area contributed by atoms with Crippen LogP contribution in [0.4, 0.5) is 5.69 Å². The predicted octanol–water partition coefficient (Wildman–Crippen LogP) is 6.49. The molecule has 9 heteroatoms. The van der Waals surface area contributed by atoms with Crippen molar-refractivity contribution in [3.8, 4) is 5.75 Å². The molecule has 2 aromatic carbocycles. The zero-order valence-corrected chi connectivity index (χ0v) is 27.6. The van der Waals surface area contributed by atoms with E-state index in [1.54, 1.807) is 6.07 Å². The number of carbonyl (C=O) groups excluding carboxylic acids is 2. The molecule has 1 fully saturated rings. The number of halogens is 1. The molecule has 5 atom stereocenters. The summed E-state index contributed by atoms with van der Waals surface area (Å²) in [5, 5.41) is 7.55. The second-order valence-corrected chi connectivity index (χ2v) is 13.7. The monoisotopic (exact) mass is 630 g/mol. The van der Waals surface area contributed by atoms with E-state index < -0.39 is 11.0 Å². The van der Waals surface area contributed by atoms with E-state index in [1.807, 2.05) is 32.0 Å². The fourth-order valence-electron chi connectivity index (χ4n) is 5.92. The molecule has 43 heavy (non-hydrogen) atoms. The average molecular weight is 631 g/mol. The number of allylic oxidation sites excluding steroid dienone is 2. The number of aldehydes is 1. The van der Waals surface area contributed by atoms with Crippen LogP contribution in [0.3, 0.4) is 0 Å². The van der Waals surface area contributed by atoms with Gasteiger partial charge in [0.25, 0.3) is 5.91 Å². The topological polar surface area (TPSA) is 95.9 Å². The molecular weight excluding hydrogens is 584 g/mol. The SMILES string of the molecule is CC/C=C/C(C=O)C1CCC1CN1CC(c2ccc(Cl)cc2CCC)COc2ccc(C(=O)NS(=O)C(C)C)cc21.CO. The Morgan fingerprint density at radius 3 is 2.58 bits per heavy atom. The molecular formula is C34H47ClN2O5S. The first kappa shape index (κ1) is 34.8. The number of aryl methyl sites for hydroxylation is 1. The van der Waals surface area contributed by atoms with Crippen LogP contribution in [0.1, 0.15) is 80.8 Å². The lowest BCUT2D eigenvalue weighted by atomic mass is 9.67. The maximum absolute atomic E-state index is 13.0. The van der Waals surface area contributed by atoms with Gasteiger partial charge in [-0.3, -0.25) is 9.52 Å². The highest BCUT2D eigenvalue weighted by Crippen LogP contribution is 2.43. The largest absolute Gasteiger partial charge is 0.491 e. The van der Waals surface area contributed by atoms with Crippen molar-refractivity contribution in [1.82, 2.24) is 4.72 Å². The van der Waals surface area contributed by atoms with Crippen LogP contribution in [0.15, 0.2) is 48.6 Å². The molecule has 2 aromatic rings. The van der Waals surface area contributed by atoms with Crippen LogP contribution < -0.4 is 14.4 Å². The van der Waals surface area contributed by atoms with Crippen molar-refractivity contribution in [1.29, 1.82) is 0 Å². The van der Waals surface area contributed by atoms with Crippen molar-refractivity contribution in [3.05, 3.63) is 70.3 Å². The lowest BCUT2D eigenvalue weighted by Gasteiger charge is -2.43. The number of carbonyl (C=O) groups is 2. The minimum atomic E-state index is -1.46. The van der Waals surface area contributed by atoms with Crippen molar-refractivity contribution in [2.75, 3.05) is 31.7 Å². The molecule has 2 aliphatic rings. The Morgan fingerprint density at radius 2 is 1.95 bits per heavy atom. The van der Waals surface area contributed by atoms with Crippen LogP contribution in [-0.2, 0) is 22.2 Å². The second kappa shape index (κ2) is 17.0. The van der Waals surface area contributed by atoms with Gasteiger partial charge in [-0.25, -0.2) is 4.21 Å². The third-order valence-electron chi connectivity index (χ3n) is 8.30. The van der Waals surface area contributed by atoms with Gasteiger partial charge < -0.3 is 19.5 Å². The average Bonchev–Trinajstić information content (AvgIpc) is 3.17. The number of nitrogens with one attached hydrogen (secondary N) is 1. The van der Waals surface area contributed by atoms with E-state index in [1.165, 1.54) is 11.1 Å². The van der Waals surface area contributed by atoms with Crippen LogP contribution in [-0.4, -0.2) is 53.6 Å². The highest BCUT2D eigenvalue weighted by molar-refractivity contribution is 7.84. The smallest absolute Gasteiger partial charge is 0.263 e. The van der Waals surface area contributed by atoms with Gasteiger partial charge in [0, 0.05) is 47.9 Å². The molecule has 7 nitrogen and oxygen atoms in total. The summed E-state index contributed by atoms with van der Waals surface area (Å²) in [6, 6.07) is 11.6. The summed E-state index contributed by atoms with van der Waals surface area (Å²) in [6.45, 7) is 9.86. The van der Waals surface area contributed by atoms with Gasteiger partial charge in [-0.2, -0.15) is 0 Å². The number of nitrogens with zero attached hydrogens (tertiary/aromatic N) is 1. The van der Waals surface area contributed by atoms with Gasteiger partial charge in [0.2, 0.25) is 0 Å². The normalized spacial score (nSPS) is 21.0. The van der Waals surface area contributed by atoms with Gasteiger partial charge in [0.15, 0.2) is 0 Å². The minimum absolute atomic E-state index is 0.0808. The fourth-order valence-corrected chi connectivity index (χ4v) is 6.65. The zero-order valence-electron chi connectivity index (χ0n) is 26.1. The number of hydrogen-bond donors (Lipinski definition) is 2. The predicted molar refractivity (Wildman–Crippen MR) is 176 cm³/mol. The van der Waals surface area contributed by atoms with Crippen molar-refractivity contribution in [3.63, 3.8) is 0 Å². The molecule has 1 aliphatic heterocycles. The van der Waals surface area contributed by atoms with E-state index in [2.05, 4.69) is 47.8 Å². The van der Waals surface area contributed by atoms with E-state index in [9.17, 15) is 13.8 Å². The number of amides is 1. The lowest BCUT2D eigenvalue weighted by Crippen LogP contribution is -2.42. The molecule has 1 aliphatic carbocycles. The molecule has 4 rings (SSSR count). The second-order valence-electron chi connectivity index (χ2n) is 11.5. The van der Waals surface area contributed by atoms with Crippen LogP contribution in [0, 0.1) is 17.8 Å². The molecule has 0 saturated heterocycles. The Labute approximate surface area is 264 Å². The summed E-state index contributed by atoms with van der Waals surface area (Å²) in [5.41, 5.74) is 3.78. The summed E-state index contributed by atoms with van der Waals surface area (Å²) < 4.78 is 21.4. The molecule has 0 aromatic heterocycles. The van der Waals surface area contributed by atoms with Crippen LogP contribution >= 0.6 is 11.6 Å². The molecule has 236 valence electrons. The van der Waals surface area contributed by atoms with E-state index in [4.69, 9.17) is 21.4 Å². The van der Waals surface area contributed by atoms with Gasteiger partial charge in [-0.15, -0.1) is 0 Å². The minimum Gasteiger partial charge on any atom is -0.491 e. The first-order chi connectivity index (χ1) is 20.7. The van der Waals surface area contributed by atoms with Crippen LogP contribution in [0.5, 0.6) is 5.75 Å². The first-order valence-electron chi connectivity index (χ1n) is 15.3.